The van der Waals surface area contributed by atoms with Crippen molar-refractivity contribution in [1.29, 1.82) is 0 Å². The van der Waals surface area contributed by atoms with Crippen LogP contribution in [0, 0.1) is 0 Å². The Kier molecular flexibility index (Phi) is 5.74. The van der Waals surface area contributed by atoms with Crippen LogP contribution in [0.25, 0.3) is 0 Å². The van der Waals surface area contributed by atoms with Gasteiger partial charge < -0.3 is 5.32 Å². The van der Waals surface area contributed by atoms with E-state index in [1.54, 1.807) is 23.6 Å². The second kappa shape index (κ2) is 7.36. The van der Waals surface area contributed by atoms with Crippen LogP contribution in [0.3, 0.4) is 0 Å². The molecule has 8 heteroatoms. The second-order valence-corrected chi connectivity index (χ2v) is 8.19. The molecular formula is C14H21N3O3S2. The van der Waals surface area contributed by atoms with Gasteiger partial charge in [0, 0.05) is 32.7 Å². The molecule has 1 aromatic rings. The molecule has 1 N–H and O–H groups in total. The average molecular weight is 343 g/mol. The third-order valence-electron chi connectivity index (χ3n) is 3.71. The molecule has 0 bridgehead atoms. The largest absolute Gasteiger partial charge is 0.351 e. The van der Waals surface area contributed by atoms with Crippen molar-refractivity contribution in [2.24, 2.45) is 0 Å². The summed E-state index contributed by atoms with van der Waals surface area (Å²) in [4.78, 5) is 13.9. The maximum absolute atomic E-state index is 12.4. The number of nitrogens with zero attached hydrogens (tertiary/aromatic N) is 2. The van der Waals surface area contributed by atoms with Crippen LogP contribution >= 0.6 is 11.3 Å². The van der Waals surface area contributed by atoms with Crippen LogP contribution in [0.4, 0.5) is 0 Å². The molecule has 0 spiro atoms. The molecule has 0 radical (unpaired) electrons. The normalized spacial score (nSPS) is 18.8. The van der Waals surface area contributed by atoms with Crippen LogP contribution in [0.5, 0.6) is 0 Å². The van der Waals surface area contributed by atoms with E-state index in [0.29, 0.717) is 36.9 Å². The van der Waals surface area contributed by atoms with Gasteiger partial charge in [-0.05, 0) is 18.4 Å². The first-order valence-electron chi connectivity index (χ1n) is 7.13. The molecule has 122 valence electrons. The minimum atomic E-state index is -3.39. The number of thiophene rings is 1. The Balaban J connectivity index is 1.93. The zero-order valence-electron chi connectivity index (χ0n) is 12.6. The SMILES string of the molecule is C=CCNC(=O)C(C)N1CCN(S(=O)(=O)c2cccs2)CC1. The number of hydrogen-bond acceptors (Lipinski definition) is 5. The standard InChI is InChI=1S/C14H21N3O3S2/c1-3-6-15-14(18)12(2)16-7-9-17(10-8-16)22(19,20)13-5-4-11-21-13/h3-5,11-12H,1,6-10H2,2H3,(H,15,18). The van der Waals surface area contributed by atoms with Crippen LogP contribution in [-0.2, 0) is 14.8 Å². The molecule has 1 fully saturated rings. The van der Waals surface area contributed by atoms with E-state index in [9.17, 15) is 13.2 Å². The van der Waals surface area contributed by atoms with Gasteiger partial charge in [-0.15, -0.1) is 17.9 Å². The van der Waals surface area contributed by atoms with Gasteiger partial charge in [-0.2, -0.15) is 4.31 Å². The molecule has 1 aliphatic rings. The smallest absolute Gasteiger partial charge is 0.252 e. The monoisotopic (exact) mass is 343 g/mol. The van der Waals surface area contributed by atoms with Crippen LogP contribution < -0.4 is 5.32 Å². The Hall–Kier alpha value is -1.22. The number of amides is 1. The van der Waals surface area contributed by atoms with E-state index in [1.165, 1.54) is 15.6 Å². The third kappa shape index (κ3) is 3.75. The van der Waals surface area contributed by atoms with Crippen LogP contribution in [-0.4, -0.2) is 62.3 Å². The number of carbonyl (C=O) groups is 1. The fourth-order valence-corrected chi connectivity index (χ4v) is 4.92. The van der Waals surface area contributed by atoms with Crippen molar-refractivity contribution >= 4 is 27.3 Å². The first-order chi connectivity index (χ1) is 10.5. The van der Waals surface area contributed by atoms with E-state index in [1.807, 2.05) is 11.8 Å². The lowest BCUT2D eigenvalue weighted by atomic mass is 10.2. The summed E-state index contributed by atoms with van der Waals surface area (Å²) in [5, 5.41) is 4.52. The molecule has 1 amide bonds. The number of sulfonamides is 1. The molecule has 0 aromatic carbocycles. The molecule has 2 rings (SSSR count). The van der Waals surface area contributed by atoms with Gasteiger partial charge in [0.25, 0.3) is 10.0 Å². The van der Waals surface area contributed by atoms with E-state index in [-0.39, 0.29) is 11.9 Å². The van der Waals surface area contributed by atoms with Crippen molar-refractivity contribution in [3.05, 3.63) is 30.2 Å². The highest BCUT2D eigenvalue weighted by atomic mass is 32.2. The fourth-order valence-electron chi connectivity index (χ4n) is 2.36. The minimum Gasteiger partial charge on any atom is -0.351 e. The Labute approximate surface area is 135 Å². The zero-order valence-corrected chi connectivity index (χ0v) is 14.2. The van der Waals surface area contributed by atoms with Crippen molar-refractivity contribution in [2.45, 2.75) is 17.2 Å². The zero-order chi connectivity index (χ0) is 16.2. The summed E-state index contributed by atoms with van der Waals surface area (Å²) in [5.74, 6) is -0.0607. The molecule has 0 aliphatic carbocycles. The summed E-state index contributed by atoms with van der Waals surface area (Å²) in [6, 6.07) is 3.09. The average Bonchev–Trinajstić information content (AvgIpc) is 3.07. The van der Waals surface area contributed by atoms with Gasteiger partial charge in [-0.1, -0.05) is 12.1 Å². The molecule has 6 nitrogen and oxygen atoms in total. The highest BCUT2D eigenvalue weighted by Gasteiger charge is 2.32. The lowest BCUT2D eigenvalue weighted by Crippen LogP contribution is -2.54. The van der Waals surface area contributed by atoms with Crippen LogP contribution in [0.2, 0.25) is 0 Å². The summed E-state index contributed by atoms with van der Waals surface area (Å²) < 4.78 is 26.7. The molecule has 1 saturated heterocycles. The molecule has 2 heterocycles. The van der Waals surface area contributed by atoms with E-state index >= 15 is 0 Å². The summed E-state index contributed by atoms with van der Waals surface area (Å²) in [5.41, 5.74) is 0. The predicted octanol–water partition coefficient (Wildman–Crippen LogP) is 0.745. The van der Waals surface area contributed by atoms with Gasteiger partial charge in [-0.25, -0.2) is 8.42 Å². The predicted molar refractivity (Wildman–Crippen MR) is 87.3 cm³/mol. The Morgan fingerprint density at radius 1 is 1.45 bits per heavy atom. The van der Waals surface area contributed by atoms with Gasteiger partial charge in [-0.3, -0.25) is 9.69 Å². The molecule has 1 aliphatic heterocycles. The highest BCUT2D eigenvalue weighted by Crippen LogP contribution is 2.22. The third-order valence-corrected chi connectivity index (χ3v) is 6.98. The first kappa shape index (κ1) is 17.1. The van der Waals surface area contributed by atoms with Crippen molar-refractivity contribution in [1.82, 2.24) is 14.5 Å². The number of carbonyl (C=O) groups excluding carboxylic acids is 1. The summed E-state index contributed by atoms with van der Waals surface area (Å²) in [6.07, 6.45) is 1.64. The molecular weight excluding hydrogens is 322 g/mol. The lowest BCUT2D eigenvalue weighted by molar-refractivity contribution is -0.126. The number of rotatable bonds is 6. The molecule has 1 aromatic heterocycles. The van der Waals surface area contributed by atoms with Crippen molar-refractivity contribution in [3.8, 4) is 0 Å². The molecule has 1 atom stereocenters. The van der Waals surface area contributed by atoms with Gasteiger partial charge >= 0.3 is 0 Å². The first-order valence-corrected chi connectivity index (χ1v) is 9.45. The molecule has 1 unspecified atom stereocenters. The van der Waals surface area contributed by atoms with Crippen molar-refractivity contribution in [3.63, 3.8) is 0 Å². The summed E-state index contributed by atoms with van der Waals surface area (Å²) >= 11 is 1.23. The van der Waals surface area contributed by atoms with Gasteiger partial charge in [0.2, 0.25) is 5.91 Å². The van der Waals surface area contributed by atoms with E-state index in [2.05, 4.69) is 11.9 Å². The van der Waals surface area contributed by atoms with Gasteiger partial charge in [0.05, 0.1) is 6.04 Å². The summed E-state index contributed by atoms with van der Waals surface area (Å²) in [6.45, 7) is 7.74. The van der Waals surface area contributed by atoms with Crippen LogP contribution in [0.15, 0.2) is 34.4 Å². The molecule has 0 saturated carbocycles. The van der Waals surface area contributed by atoms with Crippen molar-refractivity contribution in [2.75, 3.05) is 32.7 Å². The maximum atomic E-state index is 12.4. The highest BCUT2D eigenvalue weighted by molar-refractivity contribution is 7.91. The minimum absolute atomic E-state index is 0.0607. The Morgan fingerprint density at radius 3 is 2.68 bits per heavy atom. The van der Waals surface area contributed by atoms with E-state index in [0.717, 1.165) is 0 Å². The van der Waals surface area contributed by atoms with E-state index < -0.39 is 10.0 Å². The number of hydrogen-bond donors (Lipinski definition) is 1. The topological polar surface area (TPSA) is 69.7 Å². The Bertz CT molecular complexity index is 605. The maximum Gasteiger partial charge on any atom is 0.252 e. The quantitative estimate of drug-likeness (QED) is 0.774. The number of nitrogens with one attached hydrogen (secondary N) is 1. The summed E-state index contributed by atoms with van der Waals surface area (Å²) in [7, 11) is -3.39. The van der Waals surface area contributed by atoms with Gasteiger partial charge in [0.1, 0.15) is 4.21 Å². The van der Waals surface area contributed by atoms with Gasteiger partial charge in [0.15, 0.2) is 0 Å². The van der Waals surface area contributed by atoms with E-state index in [4.69, 9.17) is 0 Å². The number of piperazine rings is 1. The second-order valence-electron chi connectivity index (χ2n) is 5.08. The van der Waals surface area contributed by atoms with Crippen LogP contribution in [0.1, 0.15) is 6.92 Å². The van der Waals surface area contributed by atoms with Crippen molar-refractivity contribution < 1.29 is 13.2 Å². The fraction of sp³-hybridized carbons (Fsp3) is 0.500. The lowest BCUT2D eigenvalue weighted by Gasteiger charge is -2.36. The molecule has 22 heavy (non-hydrogen) atoms. The Morgan fingerprint density at radius 2 is 2.14 bits per heavy atom.